The van der Waals surface area contributed by atoms with Crippen molar-refractivity contribution in [2.45, 2.75) is 50.6 Å². The number of nitrogens with zero attached hydrogens (tertiary/aromatic N) is 1. The molecule has 2 bridgehead atoms. The summed E-state index contributed by atoms with van der Waals surface area (Å²) in [6.45, 7) is 0.756. The SMILES string of the molecule is O=C(O)C1CC2CCC1N2C(=O)NCC1CCC1. The lowest BCUT2D eigenvalue weighted by Gasteiger charge is -2.28. The number of fused-ring (bicyclic) bond motifs is 2. The van der Waals surface area contributed by atoms with Gasteiger partial charge >= 0.3 is 12.0 Å². The van der Waals surface area contributed by atoms with E-state index in [-0.39, 0.29) is 24.0 Å². The van der Waals surface area contributed by atoms with E-state index in [4.69, 9.17) is 5.11 Å². The molecule has 100 valence electrons. The van der Waals surface area contributed by atoms with Gasteiger partial charge in [-0.1, -0.05) is 6.42 Å². The van der Waals surface area contributed by atoms with Gasteiger partial charge in [0, 0.05) is 18.6 Å². The van der Waals surface area contributed by atoms with Gasteiger partial charge in [0.05, 0.1) is 5.92 Å². The van der Waals surface area contributed by atoms with E-state index in [2.05, 4.69) is 5.32 Å². The van der Waals surface area contributed by atoms with E-state index in [1.165, 1.54) is 19.3 Å². The molecule has 1 aliphatic carbocycles. The average molecular weight is 252 g/mol. The maximum atomic E-state index is 12.1. The van der Waals surface area contributed by atoms with Crippen molar-refractivity contribution >= 4 is 12.0 Å². The molecular weight excluding hydrogens is 232 g/mol. The molecule has 3 fully saturated rings. The minimum Gasteiger partial charge on any atom is -0.481 e. The number of carboxylic acids is 1. The van der Waals surface area contributed by atoms with Crippen molar-refractivity contribution in [2.24, 2.45) is 11.8 Å². The molecule has 2 heterocycles. The predicted octanol–water partition coefficient (Wildman–Crippen LogP) is 1.43. The Bertz CT molecular complexity index is 367. The maximum absolute atomic E-state index is 12.1. The number of carbonyl (C=O) groups excluding carboxylic acids is 1. The number of nitrogens with one attached hydrogen (secondary N) is 1. The topological polar surface area (TPSA) is 69.6 Å². The molecule has 18 heavy (non-hydrogen) atoms. The molecule has 0 aromatic carbocycles. The first kappa shape index (κ1) is 11.8. The number of urea groups is 1. The lowest BCUT2D eigenvalue weighted by molar-refractivity contribution is -0.142. The van der Waals surface area contributed by atoms with Gasteiger partial charge in [-0.15, -0.1) is 0 Å². The van der Waals surface area contributed by atoms with Crippen LogP contribution in [-0.4, -0.2) is 40.6 Å². The fourth-order valence-electron chi connectivity index (χ4n) is 3.59. The van der Waals surface area contributed by atoms with Crippen molar-refractivity contribution < 1.29 is 14.7 Å². The molecule has 2 aliphatic heterocycles. The molecule has 0 radical (unpaired) electrons. The second-order valence-corrected chi connectivity index (χ2v) is 5.87. The van der Waals surface area contributed by atoms with Gasteiger partial charge in [-0.25, -0.2) is 4.79 Å². The Morgan fingerprint density at radius 2 is 2.00 bits per heavy atom. The summed E-state index contributed by atoms with van der Waals surface area (Å²) in [6.07, 6.45) is 6.15. The van der Waals surface area contributed by atoms with Crippen LogP contribution in [0.5, 0.6) is 0 Å². The molecule has 2 amide bonds. The van der Waals surface area contributed by atoms with E-state index in [1.54, 1.807) is 4.90 Å². The van der Waals surface area contributed by atoms with Crippen LogP contribution in [0.25, 0.3) is 0 Å². The monoisotopic (exact) mass is 252 g/mol. The van der Waals surface area contributed by atoms with Crippen molar-refractivity contribution in [3.05, 3.63) is 0 Å². The molecule has 2 saturated heterocycles. The third-order valence-corrected chi connectivity index (χ3v) is 4.86. The Hall–Kier alpha value is -1.26. The number of carbonyl (C=O) groups is 2. The molecule has 1 saturated carbocycles. The summed E-state index contributed by atoms with van der Waals surface area (Å²) in [5.41, 5.74) is 0. The first-order valence-electron chi connectivity index (χ1n) is 6.96. The Balaban J connectivity index is 1.58. The standard InChI is InChI=1S/C13H20N2O3/c16-12(17)10-6-9-4-5-11(10)15(9)13(18)14-7-8-2-1-3-8/h8-11H,1-7H2,(H,14,18)(H,16,17). The van der Waals surface area contributed by atoms with Crippen LogP contribution in [0.1, 0.15) is 38.5 Å². The molecule has 3 atom stereocenters. The Kier molecular flexibility index (Phi) is 2.92. The zero-order valence-electron chi connectivity index (χ0n) is 10.5. The highest BCUT2D eigenvalue weighted by Gasteiger charge is 2.51. The number of rotatable bonds is 3. The maximum Gasteiger partial charge on any atom is 0.317 e. The highest BCUT2D eigenvalue weighted by atomic mass is 16.4. The first-order valence-corrected chi connectivity index (χ1v) is 6.96. The van der Waals surface area contributed by atoms with Crippen LogP contribution in [0.3, 0.4) is 0 Å². The van der Waals surface area contributed by atoms with Gasteiger partial charge in [0.2, 0.25) is 0 Å². The third-order valence-electron chi connectivity index (χ3n) is 4.86. The molecular formula is C13H20N2O3. The van der Waals surface area contributed by atoms with Gasteiger partial charge in [-0.2, -0.15) is 0 Å². The zero-order chi connectivity index (χ0) is 12.7. The van der Waals surface area contributed by atoms with Gasteiger partial charge in [0.15, 0.2) is 0 Å². The fourth-order valence-corrected chi connectivity index (χ4v) is 3.59. The number of hydrogen-bond acceptors (Lipinski definition) is 2. The summed E-state index contributed by atoms with van der Waals surface area (Å²) in [7, 11) is 0. The highest BCUT2D eigenvalue weighted by molar-refractivity contribution is 5.79. The van der Waals surface area contributed by atoms with Gasteiger partial charge in [0.25, 0.3) is 0 Å². The molecule has 0 aromatic heterocycles. The Morgan fingerprint density at radius 3 is 2.56 bits per heavy atom. The Morgan fingerprint density at radius 1 is 1.22 bits per heavy atom. The van der Waals surface area contributed by atoms with E-state index in [0.29, 0.717) is 12.3 Å². The minimum atomic E-state index is -0.751. The van der Waals surface area contributed by atoms with E-state index in [9.17, 15) is 9.59 Å². The second-order valence-electron chi connectivity index (χ2n) is 5.87. The quantitative estimate of drug-likeness (QED) is 0.798. The molecule has 2 N–H and O–H groups in total. The van der Waals surface area contributed by atoms with Gasteiger partial charge < -0.3 is 15.3 Å². The minimum absolute atomic E-state index is 0.0434. The second kappa shape index (κ2) is 4.44. The molecule has 3 unspecified atom stereocenters. The third kappa shape index (κ3) is 1.85. The van der Waals surface area contributed by atoms with Gasteiger partial charge in [-0.3, -0.25) is 4.79 Å². The van der Waals surface area contributed by atoms with Crippen LogP contribution < -0.4 is 5.32 Å². The lowest BCUT2D eigenvalue weighted by Crippen LogP contribution is -2.46. The Labute approximate surface area is 107 Å². The van der Waals surface area contributed by atoms with E-state index in [0.717, 1.165) is 19.4 Å². The summed E-state index contributed by atoms with van der Waals surface area (Å²) in [5, 5.41) is 12.1. The summed E-state index contributed by atoms with van der Waals surface area (Å²) in [4.78, 5) is 25.1. The zero-order valence-corrected chi connectivity index (χ0v) is 10.5. The van der Waals surface area contributed by atoms with Crippen molar-refractivity contribution in [1.29, 1.82) is 0 Å². The normalized spacial score (nSPS) is 34.4. The van der Waals surface area contributed by atoms with Crippen molar-refractivity contribution in [3.63, 3.8) is 0 Å². The lowest BCUT2D eigenvalue weighted by atomic mass is 9.85. The number of aliphatic carboxylic acids is 1. The van der Waals surface area contributed by atoms with Crippen LogP contribution in [0.2, 0.25) is 0 Å². The van der Waals surface area contributed by atoms with Gasteiger partial charge in [0.1, 0.15) is 0 Å². The number of carboxylic acid groups (broad SMARTS) is 1. The van der Waals surface area contributed by atoms with Crippen LogP contribution in [0, 0.1) is 11.8 Å². The molecule has 5 heteroatoms. The number of hydrogen-bond donors (Lipinski definition) is 2. The average Bonchev–Trinajstić information content (AvgIpc) is 2.83. The van der Waals surface area contributed by atoms with E-state index >= 15 is 0 Å². The van der Waals surface area contributed by atoms with Gasteiger partial charge in [-0.05, 0) is 38.0 Å². The predicted molar refractivity (Wildman–Crippen MR) is 65.1 cm³/mol. The largest absolute Gasteiger partial charge is 0.481 e. The van der Waals surface area contributed by atoms with Crippen LogP contribution >= 0.6 is 0 Å². The van der Waals surface area contributed by atoms with E-state index < -0.39 is 5.97 Å². The van der Waals surface area contributed by atoms with Crippen LogP contribution in [0.15, 0.2) is 0 Å². The molecule has 3 aliphatic rings. The van der Waals surface area contributed by atoms with Crippen molar-refractivity contribution in [1.82, 2.24) is 10.2 Å². The molecule has 0 aromatic rings. The fraction of sp³-hybridized carbons (Fsp3) is 0.846. The van der Waals surface area contributed by atoms with Crippen LogP contribution in [-0.2, 0) is 4.79 Å². The van der Waals surface area contributed by atoms with Crippen LogP contribution in [0.4, 0.5) is 4.79 Å². The molecule has 3 rings (SSSR count). The van der Waals surface area contributed by atoms with E-state index in [1.807, 2.05) is 0 Å². The van der Waals surface area contributed by atoms with Crippen molar-refractivity contribution in [2.75, 3.05) is 6.54 Å². The highest BCUT2D eigenvalue weighted by Crippen LogP contribution is 2.41. The smallest absolute Gasteiger partial charge is 0.317 e. The summed E-state index contributed by atoms with van der Waals surface area (Å²) < 4.78 is 0. The number of amides is 2. The molecule has 0 spiro atoms. The molecule has 5 nitrogen and oxygen atoms in total. The first-order chi connectivity index (χ1) is 8.66. The van der Waals surface area contributed by atoms with Crippen molar-refractivity contribution in [3.8, 4) is 0 Å². The summed E-state index contributed by atoms with van der Waals surface area (Å²) in [6, 6.07) is 0.0320. The summed E-state index contributed by atoms with van der Waals surface area (Å²) in [5.74, 6) is -0.457. The summed E-state index contributed by atoms with van der Waals surface area (Å²) >= 11 is 0.